The van der Waals surface area contributed by atoms with Gasteiger partial charge in [-0.25, -0.2) is 9.78 Å². The van der Waals surface area contributed by atoms with Crippen LogP contribution >= 0.6 is 11.6 Å². The maximum atomic E-state index is 10.8. The van der Waals surface area contributed by atoms with Gasteiger partial charge in [0.2, 0.25) is 11.7 Å². The van der Waals surface area contributed by atoms with E-state index in [0.29, 0.717) is 16.5 Å². The van der Waals surface area contributed by atoms with Crippen LogP contribution < -0.4 is 4.74 Å². The molecule has 1 aromatic heterocycles. The molecule has 1 aromatic carbocycles. The number of oxazole rings is 1. The monoisotopic (exact) mass is 267 g/mol. The zero-order valence-corrected chi connectivity index (χ0v) is 10.3. The summed E-state index contributed by atoms with van der Waals surface area (Å²) in [6, 6.07) is 6.80. The molecule has 0 radical (unpaired) electrons. The molecule has 0 aliphatic heterocycles. The molecule has 0 saturated carbocycles. The van der Waals surface area contributed by atoms with E-state index in [-0.39, 0.29) is 18.3 Å². The molecule has 94 valence electrons. The molecule has 1 heterocycles. The molecular formula is C12H10ClNO4. The van der Waals surface area contributed by atoms with E-state index < -0.39 is 5.97 Å². The van der Waals surface area contributed by atoms with Crippen LogP contribution in [-0.2, 0) is 6.61 Å². The van der Waals surface area contributed by atoms with E-state index in [1.54, 1.807) is 31.2 Å². The average Bonchev–Trinajstić information content (AvgIpc) is 2.70. The summed E-state index contributed by atoms with van der Waals surface area (Å²) in [6.07, 6.45) is 0. The van der Waals surface area contributed by atoms with Crippen molar-refractivity contribution in [3.8, 4) is 5.75 Å². The fraction of sp³-hybridized carbons (Fsp3) is 0.167. The predicted molar refractivity (Wildman–Crippen MR) is 64.0 cm³/mol. The van der Waals surface area contributed by atoms with Gasteiger partial charge in [-0.2, -0.15) is 0 Å². The Kier molecular flexibility index (Phi) is 3.53. The summed E-state index contributed by atoms with van der Waals surface area (Å²) in [5.41, 5.74) is 0.331. The number of aromatic nitrogens is 1. The summed E-state index contributed by atoms with van der Waals surface area (Å²) in [5.74, 6) is -0.477. The van der Waals surface area contributed by atoms with E-state index in [4.69, 9.17) is 25.9 Å². The first kappa shape index (κ1) is 12.4. The van der Waals surface area contributed by atoms with Crippen LogP contribution in [0.1, 0.15) is 22.1 Å². The molecule has 1 N–H and O–H groups in total. The SMILES string of the molecule is Cc1nc(COc2ccc(Cl)cc2)oc1C(=O)O. The highest BCUT2D eigenvalue weighted by molar-refractivity contribution is 6.30. The van der Waals surface area contributed by atoms with Crippen molar-refractivity contribution in [3.05, 3.63) is 46.6 Å². The van der Waals surface area contributed by atoms with E-state index in [1.807, 2.05) is 0 Å². The summed E-state index contributed by atoms with van der Waals surface area (Å²) >= 11 is 5.74. The quantitative estimate of drug-likeness (QED) is 0.922. The molecule has 0 unspecified atom stereocenters. The minimum absolute atomic E-state index is 0.0652. The topological polar surface area (TPSA) is 72.6 Å². The Balaban J connectivity index is 2.04. The third kappa shape index (κ3) is 2.81. The summed E-state index contributed by atoms with van der Waals surface area (Å²) in [4.78, 5) is 14.7. The Bertz CT molecular complexity index is 562. The number of hydrogen-bond acceptors (Lipinski definition) is 4. The molecule has 0 spiro atoms. The number of aryl methyl sites for hydroxylation is 1. The molecule has 0 bridgehead atoms. The first-order valence-corrected chi connectivity index (χ1v) is 5.52. The van der Waals surface area contributed by atoms with Crippen molar-refractivity contribution in [1.82, 2.24) is 4.98 Å². The van der Waals surface area contributed by atoms with Gasteiger partial charge in [-0.3, -0.25) is 0 Å². The lowest BCUT2D eigenvalue weighted by Crippen LogP contribution is -1.96. The van der Waals surface area contributed by atoms with Crippen molar-refractivity contribution in [2.24, 2.45) is 0 Å². The normalized spacial score (nSPS) is 10.3. The summed E-state index contributed by atoms with van der Waals surface area (Å²) in [6.45, 7) is 1.63. The number of nitrogens with zero attached hydrogens (tertiary/aromatic N) is 1. The summed E-state index contributed by atoms with van der Waals surface area (Å²) < 4.78 is 10.4. The molecule has 0 aliphatic carbocycles. The van der Waals surface area contributed by atoms with E-state index in [1.165, 1.54) is 0 Å². The number of benzene rings is 1. The molecule has 0 saturated heterocycles. The number of carboxylic acids is 1. The molecule has 0 fully saturated rings. The number of ether oxygens (including phenoxy) is 1. The second-order valence-corrected chi connectivity index (χ2v) is 4.01. The van der Waals surface area contributed by atoms with E-state index in [2.05, 4.69) is 4.98 Å². The number of aromatic carboxylic acids is 1. The second kappa shape index (κ2) is 5.10. The molecule has 0 amide bonds. The number of carbonyl (C=O) groups is 1. The largest absolute Gasteiger partial charge is 0.484 e. The number of carboxylic acid groups (broad SMARTS) is 1. The van der Waals surface area contributed by atoms with Gasteiger partial charge in [0.1, 0.15) is 5.75 Å². The maximum Gasteiger partial charge on any atom is 0.373 e. The lowest BCUT2D eigenvalue weighted by atomic mass is 10.3. The highest BCUT2D eigenvalue weighted by atomic mass is 35.5. The maximum absolute atomic E-state index is 10.8. The highest BCUT2D eigenvalue weighted by Crippen LogP contribution is 2.17. The van der Waals surface area contributed by atoms with Crippen molar-refractivity contribution in [2.45, 2.75) is 13.5 Å². The van der Waals surface area contributed by atoms with Crippen molar-refractivity contribution in [2.75, 3.05) is 0 Å². The molecule has 18 heavy (non-hydrogen) atoms. The van der Waals surface area contributed by atoms with Crippen molar-refractivity contribution >= 4 is 17.6 Å². The second-order valence-electron chi connectivity index (χ2n) is 3.57. The zero-order valence-electron chi connectivity index (χ0n) is 9.51. The third-order valence-corrected chi connectivity index (χ3v) is 2.46. The number of rotatable bonds is 4. The minimum atomic E-state index is -1.14. The van der Waals surface area contributed by atoms with Crippen LogP contribution in [-0.4, -0.2) is 16.1 Å². The van der Waals surface area contributed by atoms with Crippen molar-refractivity contribution < 1.29 is 19.1 Å². The fourth-order valence-electron chi connectivity index (χ4n) is 1.39. The Labute approximate surface area is 108 Å². The Hall–Kier alpha value is -2.01. The number of hydrogen-bond donors (Lipinski definition) is 1. The zero-order chi connectivity index (χ0) is 13.1. The minimum Gasteiger partial charge on any atom is -0.484 e. The van der Waals surface area contributed by atoms with Crippen LogP contribution in [0.4, 0.5) is 0 Å². The van der Waals surface area contributed by atoms with Crippen LogP contribution in [0.5, 0.6) is 5.75 Å². The summed E-state index contributed by atoms with van der Waals surface area (Å²) in [7, 11) is 0. The Morgan fingerprint density at radius 2 is 2.11 bits per heavy atom. The van der Waals surface area contributed by atoms with Gasteiger partial charge < -0.3 is 14.3 Å². The molecule has 0 aliphatic rings. The van der Waals surface area contributed by atoms with Crippen LogP contribution in [0, 0.1) is 6.92 Å². The summed E-state index contributed by atoms with van der Waals surface area (Å²) in [5, 5.41) is 9.42. The smallest absolute Gasteiger partial charge is 0.373 e. The highest BCUT2D eigenvalue weighted by Gasteiger charge is 2.16. The third-order valence-electron chi connectivity index (χ3n) is 2.21. The molecule has 5 nitrogen and oxygen atoms in total. The van der Waals surface area contributed by atoms with Gasteiger partial charge in [0.25, 0.3) is 0 Å². The van der Waals surface area contributed by atoms with Gasteiger partial charge in [0, 0.05) is 5.02 Å². The first-order chi connectivity index (χ1) is 8.56. The standard InChI is InChI=1S/C12H10ClNO4/c1-7-11(12(15)16)18-10(14-7)6-17-9-4-2-8(13)3-5-9/h2-5H,6H2,1H3,(H,15,16). The number of halogens is 1. The van der Waals surface area contributed by atoms with Gasteiger partial charge in [0.05, 0.1) is 5.69 Å². The van der Waals surface area contributed by atoms with Crippen molar-refractivity contribution in [1.29, 1.82) is 0 Å². The Morgan fingerprint density at radius 1 is 1.44 bits per heavy atom. The van der Waals surface area contributed by atoms with Gasteiger partial charge in [-0.05, 0) is 31.2 Å². The van der Waals surface area contributed by atoms with Gasteiger partial charge >= 0.3 is 5.97 Å². The van der Waals surface area contributed by atoms with Gasteiger partial charge in [0.15, 0.2) is 6.61 Å². The Morgan fingerprint density at radius 3 is 2.67 bits per heavy atom. The molecule has 2 aromatic rings. The van der Waals surface area contributed by atoms with Crippen LogP contribution in [0.15, 0.2) is 28.7 Å². The molecule has 0 atom stereocenters. The van der Waals surface area contributed by atoms with E-state index in [0.717, 1.165) is 0 Å². The molecular weight excluding hydrogens is 258 g/mol. The van der Waals surface area contributed by atoms with Crippen LogP contribution in [0.2, 0.25) is 5.02 Å². The van der Waals surface area contributed by atoms with Gasteiger partial charge in [-0.15, -0.1) is 0 Å². The molecule has 2 rings (SSSR count). The lowest BCUT2D eigenvalue weighted by Gasteiger charge is -2.02. The van der Waals surface area contributed by atoms with Gasteiger partial charge in [-0.1, -0.05) is 11.6 Å². The van der Waals surface area contributed by atoms with Crippen LogP contribution in [0.25, 0.3) is 0 Å². The first-order valence-electron chi connectivity index (χ1n) is 5.14. The van der Waals surface area contributed by atoms with Crippen LogP contribution in [0.3, 0.4) is 0 Å². The van der Waals surface area contributed by atoms with Crippen molar-refractivity contribution in [3.63, 3.8) is 0 Å². The molecule has 6 heteroatoms. The van der Waals surface area contributed by atoms with E-state index in [9.17, 15) is 4.79 Å². The lowest BCUT2D eigenvalue weighted by molar-refractivity contribution is 0.0657. The predicted octanol–water partition coefficient (Wildman–Crippen LogP) is 2.91. The average molecular weight is 268 g/mol. The van der Waals surface area contributed by atoms with E-state index >= 15 is 0 Å². The fourth-order valence-corrected chi connectivity index (χ4v) is 1.51.